The maximum Gasteiger partial charge on any atom is 0.329 e. The Morgan fingerprint density at radius 1 is 1.44 bits per heavy atom. The Balaban J connectivity index is 2.69. The molecule has 0 unspecified atom stereocenters. The monoisotopic (exact) mass is 224 g/mol. The molecular formula is C12H16O4. The van der Waals surface area contributed by atoms with E-state index in [1.165, 1.54) is 13.0 Å². The Labute approximate surface area is 94.7 Å². The van der Waals surface area contributed by atoms with E-state index in [1.807, 2.05) is 13.8 Å². The van der Waals surface area contributed by atoms with Crippen LogP contribution in [-0.2, 0) is 19.1 Å². The van der Waals surface area contributed by atoms with Crippen molar-refractivity contribution in [2.24, 2.45) is 11.8 Å². The molecule has 0 radical (unpaired) electrons. The van der Waals surface area contributed by atoms with E-state index < -0.39 is 17.7 Å². The predicted molar refractivity (Wildman–Crippen MR) is 57.4 cm³/mol. The fourth-order valence-electron chi connectivity index (χ4n) is 1.51. The average molecular weight is 224 g/mol. The number of hydrogen-bond donors (Lipinski definition) is 0. The van der Waals surface area contributed by atoms with Crippen molar-refractivity contribution in [3.8, 4) is 0 Å². The lowest BCUT2D eigenvalue weighted by molar-refractivity contribution is -0.152. The zero-order valence-electron chi connectivity index (χ0n) is 9.78. The highest BCUT2D eigenvalue weighted by molar-refractivity contribution is 6.21. The van der Waals surface area contributed by atoms with Crippen LogP contribution in [0.2, 0.25) is 0 Å². The van der Waals surface area contributed by atoms with Gasteiger partial charge in [-0.2, -0.15) is 0 Å². The Morgan fingerprint density at radius 2 is 2.06 bits per heavy atom. The molecular weight excluding hydrogens is 208 g/mol. The highest BCUT2D eigenvalue weighted by Crippen LogP contribution is 2.18. The second-order valence-corrected chi connectivity index (χ2v) is 4.41. The molecule has 1 heterocycles. The van der Waals surface area contributed by atoms with Crippen LogP contribution in [0.15, 0.2) is 11.8 Å². The molecule has 0 aliphatic carbocycles. The second kappa shape index (κ2) is 5.05. The van der Waals surface area contributed by atoms with Gasteiger partial charge in [0.1, 0.15) is 5.76 Å². The standard InChI is InChI=1S/C12H16O4/c1-7(2)4-5-9(13)11-10(14)6-8(3)16-12(11)15/h6-7,11H,4-5H2,1-3H3/t11-/m0/s1. The number of rotatable bonds is 4. The van der Waals surface area contributed by atoms with Gasteiger partial charge in [-0.1, -0.05) is 13.8 Å². The minimum Gasteiger partial charge on any atom is -0.430 e. The van der Waals surface area contributed by atoms with E-state index in [9.17, 15) is 14.4 Å². The third kappa shape index (κ3) is 3.02. The van der Waals surface area contributed by atoms with Crippen LogP contribution in [0.3, 0.4) is 0 Å². The minimum absolute atomic E-state index is 0.246. The lowest BCUT2D eigenvalue weighted by Crippen LogP contribution is -2.35. The van der Waals surface area contributed by atoms with Crippen LogP contribution in [-0.4, -0.2) is 17.5 Å². The zero-order valence-corrected chi connectivity index (χ0v) is 9.78. The molecule has 0 aromatic rings. The van der Waals surface area contributed by atoms with Crippen LogP contribution >= 0.6 is 0 Å². The van der Waals surface area contributed by atoms with E-state index in [-0.39, 0.29) is 18.0 Å². The van der Waals surface area contributed by atoms with E-state index in [0.29, 0.717) is 12.3 Å². The molecule has 0 bridgehead atoms. The summed E-state index contributed by atoms with van der Waals surface area (Å²) in [4.78, 5) is 34.6. The van der Waals surface area contributed by atoms with Crippen molar-refractivity contribution in [2.45, 2.75) is 33.6 Å². The molecule has 0 fully saturated rings. The first kappa shape index (κ1) is 12.6. The molecule has 0 aromatic carbocycles. The predicted octanol–water partition coefficient (Wildman–Crippen LogP) is 1.64. The Morgan fingerprint density at radius 3 is 2.56 bits per heavy atom. The average Bonchev–Trinajstić information content (AvgIpc) is 2.12. The van der Waals surface area contributed by atoms with Crippen LogP contribution < -0.4 is 0 Å². The normalized spacial score (nSPS) is 20.8. The molecule has 4 nitrogen and oxygen atoms in total. The summed E-state index contributed by atoms with van der Waals surface area (Å²) < 4.78 is 4.78. The van der Waals surface area contributed by atoms with Crippen molar-refractivity contribution in [2.75, 3.05) is 0 Å². The Kier molecular flexibility index (Phi) is 3.99. The molecule has 0 amide bonds. The van der Waals surface area contributed by atoms with E-state index >= 15 is 0 Å². The molecule has 0 saturated carbocycles. The summed E-state index contributed by atoms with van der Waals surface area (Å²) in [6.45, 7) is 5.49. The van der Waals surface area contributed by atoms with Gasteiger partial charge in [0.2, 0.25) is 0 Å². The number of carbonyl (C=O) groups excluding carboxylic acids is 3. The van der Waals surface area contributed by atoms with Crippen molar-refractivity contribution in [3.05, 3.63) is 11.8 Å². The van der Waals surface area contributed by atoms with Gasteiger partial charge in [-0.3, -0.25) is 14.4 Å². The van der Waals surface area contributed by atoms with Gasteiger partial charge in [-0.25, -0.2) is 0 Å². The summed E-state index contributed by atoms with van der Waals surface area (Å²) in [5.74, 6) is -2.14. The SMILES string of the molecule is CC1=CC(=O)[C@H](C(=O)CCC(C)C)C(=O)O1. The van der Waals surface area contributed by atoms with Gasteiger partial charge in [0.05, 0.1) is 0 Å². The van der Waals surface area contributed by atoms with Crippen LogP contribution in [0.25, 0.3) is 0 Å². The molecule has 1 aliphatic rings. The number of carbonyl (C=O) groups is 3. The number of Topliss-reactive ketones (excluding diaryl/α,β-unsaturated/α-hetero) is 1. The molecule has 4 heteroatoms. The smallest absolute Gasteiger partial charge is 0.329 e. The quantitative estimate of drug-likeness (QED) is 0.538. The molecule has 1 atom stereocenters. The molecule has 0 spiro atoms. The number of hydrogen-bond acceptors (Lipinski definition) is 4. The number of cyclic esters (lactones) is 1. The topological polar surface area (TPSA) is 60.4 Å². The number of allylic oxidation sites excluding steroid dienone is 2. The van der Waals surface area contributed by atoms with Crippen molar-refractivity contribution >= 4 is 17.5 Å². The number of ether oxygens (including phenoxy) is 1. The van der Waals surface area contributed by atoms with E-state index in [4.69, 9.17) is 4.74 Å². The van der Waals surface area contributed by atoms with Gasteiger partial charge < -0.3 is 4.74 Å². The van der Waals surface area contributed by atoms with Crippen molar-refractivity contribution in [1.29, 1.82) is 0 Å². The summed E-state index contributed by atoms with van der Waals surface area (Å²) in [7, 11) is 0. The van der Waals surface area contributed by atoms with Crippen LogP contribution in [0.1, 0.15) is 33.6 Å². The molecule has 1 aliphatic heterocycles. The maximum atomic E-state index is 11.7. The first-order valence-electron chi connectivity index (χ1n) is 5.38. The van der Waals surface area contributed by atoms with Crippen molar-refractivity contribution < 1.29 is 19.1 Å². The van der Waals surface area contributed by atoms with Gasteiger partial charge in [0.25, 0.3) is 0 Å². The molecule has 0 saturated heterocycles. The third-order valence-electron chi connectivity index (χ3n) is 2.42. The van der Waals surface area contributed by atoms with Gasteiger partial charge in [0.15, 0.2) is 17.5 Å². The largest absolute Gasteiger partial charge is 0.430 e. The van der Waals surface area contributed by atoms with Crippen LogP contribution in [0.5, 0.6) is 0 Å². The highest BCUT2D eigenvalue weighted by atomic mass is 16.5. The van der Waals surface area contributed by atoms with Gasteiger partial charge in [-0.05, 0) is 19.3 Å². The Hall–Kier alpha value is -1.45. The first-order valence-corrected chi connectivity index (χ1v) is 5.38. The Bertz CT molecular complexity index is 352. The van der Waals surface area contributed by atoms with Gasteiger partial charge >= 0.3 is 5.97 Å². The van der Waals surface area contributed by atoms with E-state index in [0.717, 1.165) is 0 Å². The van der Waals surface area contributed by atoms with E-state index in [1.54, 1.807) is 0 Å². The second-order valence-electron chi connectivity index (χ2n) is 4.41. The summed E-state index contributed by atoms with van der Waals surface area (Å²) in [5.41, 5.74) is 0. The lowest BCUT2D eigenvalue weighted by atomic mass is 9.92. The molecule has 0 aromatic heterocycles. The fourth-order valence-corrected chi connectivity index (χ4v) is 1.51. The van der Waals surface area contributed by atoms with Crippen LogP contribution in [0, 0.1) is 11.8 Å². The van der Waals surface area contributed by atoms with Gasteiger partial charge in [0, 0.05) is 12.5 Å². The first-order chi connectivity index (χ1) is 7.41. The summed E-state index contributed by atoms with van der Waals surface area (Å²) in [6, 6.07) is 0. The van der Waals surface area contributed by atoms with Crippen molar-refractivity contribution in [3.63, 3.8) is 0 Å². The minimum atomic E-state index is -1.23. The number of esters is 1. The fraction of sp³-hybridized carbons (Fsp3) is 0.583. The molecule has 0 N–H and O–H groups in total. The summed E-state index contributed by atoms with van der Waals surface area (Å²) >= 11 is 0. The molecule has 1 rings (SSSR count). The molecule has 16 heavy (non-hydrogen) atoms. The third-order valence-corrected chi connectivity index (χ3v) is 2.42. The summed E-state index contributed by atoms with van der Waals surface area (Å²) in [5, 5.41) is 0. The maximum absolute atomic E-state index is 11.7. The van der Waals surface area contributed by atoms with Crippen LogP contribution in [0.4, 0.5) is 0 Å². The lowest BCUT2D eigenvalue weighted by Gasteiger charge is -2.17. The summed E-state index contributed by atoms with van der Waals surface area (Å²) in [6.07, 6.45) is 2.13. The van der Waals surface area contributed by atoms with E-state index in [2.05, 4.69) is 0 Å². The molecule has 88 valence electrons. The number of ketones is 2. The highest BCUT2D eigenvalue weighted by Gasteiger charge is 2.36. The zero-order chi connectivity index (χ0) is 12.3. The van der Waals surface area contributed by atoms with Crippen molar-refractivity contribution in [1.82, 2.24) is 0 Å². The van der Waals surface area contributed by atoms with Gasteiger partial charge in [-0.15, -0.1) is 0 Å².